The van der Waals surface area contributed by atoms with Gasteiger partial charge in [-0.25, -0.2) is 9.67 Å². The Hall–Kier alpha value is -2.12. The normalized spacial score (nSPS) is 15.7. The zero-order valence-electron chi connectivity index (χ0n) is 12.9. The Morgan fingerprint density at radius 3 is 2.83 bits per heavy atom. The fourth-order valence-corrected chi connectivity index (χ4v) is 3.35. The maximum atomic E-state index is 4.72. The number of nitrogens with one attached hydrogen (secondary N) is 1. The fraction of sp³-hybridized carbons (Fsp3) is 0.375. The number of hydrogen-bond acceptors (Lipinski definition) is 6. The van der Waals surface area contributed by atoms with Gasteiger partial charge < -0.3 is 5.32 Å². The van der Waals surface area contributed by atoms with Crippen LogP contribution in [-0.4, -0.2) is 25.2 Å². The van der Waals surface area contributed by atoms with Crippen molar-refractivity contribution in [3.8, 4) is 5.69 Å². The molecule has 0 unspecified atom stereocenters. The summed E-state index contributed by atoms with van der Waals surface area (Å²) < 4.78 is 1.65. The van der Waals surface area contributed by atoms with Crippen LogP contribution in [0, 0.1) is 0 Å². The van der Waals surface area contributed by atoms with Gasteiger partial charge in [0.25, 0.3) is 0 Å². The predicted octanol–water partition coefficient (Wildman–Crippen LogP) is 2.85. The fourth-order valence-electron chi connectivity index (χ4n) is 2.53. The molecule has 1 N–H and O–H groups in total. The first-order valence-electron chi connectivity index (χ1n) is 7.80. The number of nitrogens with zero attached hydrogens (tertiary/aromatic N) is 5. The van der Waals surface area contributed by atoms with Crippen molar-refractivity contribution < 1.29 is 0 Å². The first-order chi connectivity index (χ1) is 11.3. The number of benzene rings is 1. The molecule has 1 saturated carbocycles. The van der Waals surface area contributed by atoms with Crippen molar-refractivity contribution in [1.29, 1.82) is 0 Å². The Bertz CT molecular complexity index is 760. The van der Waals surface area contributed by atoms with Crippen LogP contribution in [0.3, 0.4) is 0 Å². The van der Waals surface area contributed by atoms with E-state index in [4.69, 9.17) is 4.98 Å². The first kappa shape index (κ1) is 14.5. The minimum Gasteiger partial charge on any atom is -0.304 e. The lowest BCUT2D eigenvalue weighted by molar-refractivity contribution is 0.572. The van der Waals surface area contributed by atoms with Crippen LogP contribution >= 0.6 is 11.3 Å². The molecule has 1 atom stereocenters. The average Bonchev–Trinajstić information content (AvgIpc) is 3.11. The molecule has 23 heavy (non-hydrogen) atoms. The van der Waals surface area contributed by atoms with Gasteiger partial charge in [-0.1, -0.05) is 12.1 Å². The maximum Gasteiger partial charge on any atom is 0.143 e. The zero-order chi connectivity index (χ0) is 15.6. The van der Waals surface area contributed by atoms with Gasteiger partial charge in [0.15, 0.2) is 0 Å². The van der Waals surface area contributed by atoms with Crippen LogP contribution in [0.2, 0.25) is 0 Å². The number of hydrogen-bond donors (Lipinski definition) is 1. The highest BCUT2D eigenvalue weighted by atomic mass is 32.1. The van der Waals surface area contributed by atoms with Crippen LogP contribution in [-0.2, 0) is 6.54 Å². The van der Waals surface area contributed by atoms with Crippen LogP contribution in [0.1, 0.15) is 48.0 Å². The average molecular weight is 326 g/mol. The minimum absolute atomic E-state index is 0.270. The van der Waals surface area contributed by atoms with Gasteiger partial charge >= 0.3 is 0 Å². The second kappa shape index (κ2) is 6.17. The van der Waals surface area contributed by atoms with Crippen molar-refractivity contribution in [3.63, 3.8) is 0 Å². The molecule has 1 aliphatic rings. The molecule has 0 spiro atoms. The van der Waals surface area contributed by atoms with E-state index in [-0.39, 0.29) is 6.04 Å². The molecule has 4 rings (SSSR count). The number of rotatable bonds is 6. The monoisotopic (exact) mass is 326 g/mol. The molecule has 0 aliphatic heterocycles. The van der Waals surface area contributed by atoms with Crippen LogP contribution in [0.4, 0.5) is 0 Å². The molecule has 1 aromatic carbocycles. The van der Waals surface area contributed by atoms with E-state index >= 15 is 0 Å². The quantitative estimate of drug-likeness (QED) is 0.754. The molecule has 118 valence electrons. The summed E-state index contributed by atoms with van der Waals surface area (Å²) >= 11 is 1.76. The Morgan fingerprint density at radius 2 is 2.13 bits per heavy atom. The summed E-state index contributed by atoms with van der Waals surface area (Å²) in [6.07, 6.45) is 4.21. The Labute approximate surface area is 138 Å². The van der Waals surface area contributed by atoms with Crippen molar-refractivity contribution >= 4 is 11.3 Å². The maximum absolute atomic E-state index is 4.72. The Kier molecular flexibility index (Phi) is 3.88. The molecule has 0 bridgehead atoms. The summed E-state index contributed by atoms with van der Waals surface area (Å²) in [5, 5.41) is 18.1. The van der Waals surface area contributed by atoms with Gasteiger partial charge in [-0.3, -0.25) is 0 Å². The summed E-state index contributed by atoms with van der Waals surface area (Å²) in [7, 11) is 0. The topological polar surface area (TPSA) is 68.5 Å². The lowest BCUT2D eigenvalue weighted by Gasteiger charge is -2.13. The van der Waals surface area contributed by atoms with Crippen molar-refractivity contribution in [2.45, 2.75) is 38.3 Å². The second-order valence-electron chi connectivity index (χ2n) is 5.89. The van der Waals surface area contributed by atoms with Gasteiger partial charge in [0.2, 0.25) is 0 Å². The number of thiazole rings is 1. The molecule has 2 aromatic heterocycles. The van der Waals surface area contributed by atoms with E-state index in [0.717, 1.165) is 18.2 Å². The third-order valence-corrected chi connectivity index (χ3v) is 5.00. The third kappa shape index (κ3) is 3.30. The minimum atomic E-state index is 0.270. The van der Waals surface area contributed by atoms with Crippen molar-refractivity contribution in [3.05, 3.63) is 52.2 Å². The second-order valence-corrected chi connectivity index (χ2v) is 6.83. The van der Waals surface area contributed by atoms with E-state index in [1.54, 1.807) is 22.3 Å². The van der Waals surface area contributed by atoms with Gasteiger partial charge in [0.05, 0.1) is 11.4 Å². The van der Waals surface area contributed by atoms with Gasteiger partial charge in [-0.05, 0) is 47.9 Å². The Morgan fingerprint density at radius 1 is 1.30 bits per heavy atom. The molecule has 0 amide bonds. The molecular weight excluding hydrogens is 308 g/mol. The molecule has 0 radical (unpaired) electrons. The van der Waals surface area contributed by atoms with Crippen LogP contribution < -0.4 is 5.32 Å². The molecule has 1 fully saturated rings. The van der Waals surface area contributed by atoms with E-state index in [9.17, 15) is 0 Å². The highest BCUT2D eigenvalue weighted by Crippen LogP contribution is 2.40. The SMILES string of the molecule is C[C@@H](NCc1nc(C2CC2)cs1)c1ccc(-n2cnnn2)cc1. The molecule has 3 aromatic rings. The van der Waals surface area contributed by atoms with Gasteiger partial charge in [0, 0.05) is 23.9 Å². The molecular formula is C16H18N6S. The smallest absolute Gasteiger partial charge is 0.143 e. The third-order valence-electron chi connectivity index (χ3n) is 4.13. The van der Waals surface area contributed by atoms with Gasteiger partial charge in [-0.15, -0.1) is 16.4 Å². The zero-order valence-corrected chi connectivity index (χ0v) is 13.7. The van der Waals surface area contributed by atoms with E-state index in [2.05, 4.69) is 45.3 Å². The molecule has 6 nitrogen and oxygen atoms in total. The van der Waals surface area contributed by atoms with E-state index < -0.39 is 0 Å². The predicted molar refractivity (Wildman–Crippen MR) is 88.5 cm³/mol. The molecule has 1 aliphatic carbocycles. The largest absolute Gasteiger partial charge is 0.304 e. The number of aromatic nitrogens is 5. The number of tetrazole rings is 1. The van der Waals surface area contributed by atoms with Crippen LogP contribution in [0.5, 0.6) is 0 Å². The molecule has 0 saturated heterocycles. The Balaban J connectivity index is 1.37. The standard InChI is InChI=1S/C16H18N6S/c1-11(17-8-16-19-15(9-23-16)13-2-3-13)12-4-6-14(7-5-12)22-10-18-20-21-22/h4-7,9-11,13,17H,2-3,8H2,1H3/t11-/m1/s1. The van der Waals surface area contributed by atoms with Gasteiger partial charge in [0.1, 0.15) is 11.3 Å². The van der Waals surface area contributed by atoms with Crippen molar-refractivity contribution in [2.75, 3.05) is 0 Å². The van der Waals surface area contributed by atoms with Crippen LogP contribution in [0.25, 0.3) is 5.69 Å². The molecule has 7 heteroatoms. The van der Waals surface area contributed by atoms with E-state index in [1.165, 1.54) is 29.1 Å². The summed E-state index contributed by atoms with van der Waals surface area (Å²) in [4.78, 5) is 4.72. The molecule has 2 heterocycles. The highest BCUT2D eigenvalue weighted by molar-refractivity contribution is 7.09. The lowest BCUT2D eigenvalue weighted by Crippen LogP contribution is -2.18. The van der Waals surface area contributed by atoms with Gasteiger partial charge in [-0.2, -0.15) is 0 Å². The summed E-state index contributed by atoms with van der Waals surface area (Å²) in [5.41, 5.74) is 3.48. The first-order valence-corrected chi connectivity index (χ1v) is 8.68. The van der Waals surface area contributed by atoms with E-state index in [0.29, 0.717) is 0 Å². The van der Waals surface area contributed by atoms with Crippen LogP contribution in [0.15, 0.2) is 36.0 Å². The lowest BCUT2D eigenvalue weighted by atomic mass is 10.1. The van der Waals surface area contributed by atoms with Crippen molar-refractivity contribution in [2.24, 2.45) is 0 Å². The summed E-state index contributed by atoms with van der Waals surface area (Å²) in [6, 6.07) is 8.53. The summed E-state index contributed by atoms with van der Waals surface area (Å²) in [5.74, 6) is 0.733. The highest BCUT2D eigenvalue weighted by Gasteiger charge is 2.25. The summed E-state index contributed by atoms with van der Waals surface area (Å²) in [6.45, 7) is 2.98. The van der Waals surface area contributed by atoms with Crippen molar-refractivity contribution in [1.82, 2.24) is 30.5 Å². The van der Waals surface area contributed by atoms with E-state index in [1.807, 2.05) is 12.1 Å².